The number of aromatic nitrogens is 1. The number of hydrogen-bond donors (Lipinski definition) is 0. The maximum Gasteiger partial charge on any atom is 0.146 e. The first-order valence-corrected chi connectivity index (χ1v) is 7.27. The molecule has 102 valence electrons. The minimum absolute atomic E-state index is 0.0295. The van der Waals surface area contributed by atoms with Gasteiger partial charge in [0.15, 0.2) is 0 Å². The fourth-order valence-electron chi connectivity index (χ4n) is 2.76. The van der Waals surface area contributed by atoms with Crippen molar-refractivity contribution in [3.8, 4) is 11.8 Å². The van der Waals surface area contributed by atoms with Crippen molar-refractivity contribution >= 4 is 22.5 Å². The highest BCUT2D eigenvalue weighted by molar-refractivity contribution is 6.35. The van der Waals surface area contributed by atoms with Gasteiger partial charge >= 0.3 is 0 Å². The van der Waals surface area contributed by atoms with Gasteiger partial charge in [-0.25, -0.2) is 0 Å². The lowest BCUT2D eigenvalue weighted by molar-refractivity contribution is 0.121. The fourth-order valence-corrected chi connectivity index (χ4v) is 2.97. The molecule has 0 saturated heterocycles. The second-order valence-electron chi connectivity index (χ2n) is 5.12. The molecule has 0 N–H and O–H groups in total. The number of ether oxygens (including phenoxy) is 1. The molecule has 20 heavy (non-hydrogen) atoms. The third-order valence-corrected chi connectivity index (χ3v) is 4.16. The van der Waals surface area contributed by atoms with Gasteiger partial charge in [0.2, 0.25) is 0 Å². The van der Waals surface area contributed by atoms with E-state index in [-0.39, 0.29) is 12.0 Å². The second-order valence-corrected chi connectivity index (χ2v) is 5.53. The van der Waals surface area contributed by atoms with Gasteiger partial charge in [-0.1, -0.05) is 18.0 Å². The Kier molecular flexibility index (Phi) is 3.75. The third-order valence-electron chi connectivity index (χ3n) is 3.83. The average Bonchev–Trinajstić information content (AvgIpc) is 2.51. The highest BCUT2D eigenvalue weighted by Crippen LogP contribution is 2.33. The summed E-state index contributed by atoms with van der Waals surface area (Å²) in [6, 6.07) is 9.82. The van der Waals surface area contributed by atoms with Gasteiger partial charge in [-0.15, -0.1) is 0 Å². The van der Waals surface area contributed by atoms with Crippen LogP contribution in [0.4, 0.5) is 0 Å². The van der Waals surface area contributed by atoms with Crippen LogP contribution in [0.2, 0.25) is 5.02 Å². The Morgan fingerprint density at radius 2 is 2.10 bits per heavy atom. The lowest BCUT2D eigenvalue weighted by atomic mass is 9.87. The molecule has 0 spiro atoms. The van der Waals surface area contributed by atoms with Crippen LogP contribution in [0.3, 0.4) is 0 Å². The molecule has 0 aliphatic heterocycles. The molecule has 1 aliphatic rings. The molecule has 4 heteroatoms. The number of halogens is 1. The summed E-state index contributed by atoms with van der Waals surface area (Å²) in [6.45, 7) is 0. The lowest BCUT2D eigenvalue weighted by Crippen LogP contribution is -2.29. The number of rotatable bonds is 2. The van der Waals surface area contributed by atoms with E-state index in [0.717, 1.165) is 42.3 Å². The molecule has 2 aromatic rings. The number of fused-ring (bicyclic) bond motifs is 1. The molecule has 2 atom stereocenters. The van der Waals surface area contributed by atoms with Crippen molar-refractivity contribution in [1.29, 1.82) is 5.26 Å². The van der Waals surface area contributed by atoms with Crippen LogP contribution in [0.25, 0.3) is 10.9 Å². The predicted molar refractivity (Wildman–Crippen MR) is 78.7 cm³/mol. The normalized spacial score (nSPS) is 22.4. The standard InChI is InChI=1S/C16H15ClN2O/c17-13-7-8-15(16-12(13)5-3-9-19-16)20-14-6-2-1-4-11(14)10-18/h3,5,7-9,11,14H,1-2,4,6H2. The number of nitrogens with zero attached hydrogens (tertiary/aromatic N) is 2. The van der Waals surface area contributed by atoms with Crippen LogP contribution in [0.5, 0.6) is 5.75 Å². The van der Waals surface area contributed by atoms with Crippen LogP contribution in [0, 0.1) is 17.2 Å². The summed E-state index contributed by atoms with van der Waals surface area (Å²) in [4.78, 5) is 4.37. The van der Waals surface area contributed by atoms with E-state index in [2.05, 4.69) is 11.1 Å². The van der Waals surface area contributed by atoms with E-state index in [1.165, 1.54) is 0 Å². The van der Waals surface area contributed by atoms with E-state index in [1.54, 1.807) is 6.20 Å². The summed E-state index contributed by atoms with van der Waals surface area (Å²) in [5.41, 5.74) is 0.766. The van der Waals surface area contributed by atoms with Crippen LogP contribution in [0.1, 0.15) is 25.7 Å². The monoisotopic (exact) mass is 286 g/mol. The minimum atomic E-state index is -0.0415. The Hall–Kier alpha value is -1.79. The van der Waals surface area contributed by atoms with Crippen LogP contribution < -0.4 is 4.74 Å². The molecular formula is C16H15ClN2O. The van der Waals surface area contributed by atoms with E-state index >= 15 is 0 Å². The van der Waals surface area contributed by atoms with Crippen LogP contribution in [-0.4, -0.2) is 11.1 Å². The van der Waals surface area contributed by atoms with E-state index < -0.39 is 0 Å². The summed E-state index contributed by atoms with van der Waals surface area (Å²) >= 11 is 6.18. The Morgan fingerprint density at radius 3 is 2.95 bits per heavy atom. The van der Waals surface area contributed by atoms with Gasteiger partial charge in [-0.05, 0) is 43.5 Å². The predicted octanol–water partition coefficient (Wildman–Crippen LogP) is 4.35. The van der Waals surface area contributed by atoms with E-state index in [9.17, 15) is 5.26 Å². The molecule has 3 nitrogen and oxygen atoms in total. The van der Waals surface area contributed by atoms with E-state index in [4.69, 9.17) is 16.3 Å². The van der Waals surface area contributed by atoms with Gasteiger partial charge in [0, 0.05) is 11.6 Å². The van der Waals surface area contributed by atoms with Crippen LogP contribution >= 0.6 is 11.6 Å². The van der Waals surface area contributed by atoms with Crippen molar-refractivity contribution in [1.82, 2.24) is 4.98 Å². The van der Waals surface area contributed by atoms with Crippen molar-refractivity contribution < 1.29 is 4.74 Å². The van der Waals surface area contributed by atoms with Crippen LogP contribution in [-0.2, 0) is 0 Å². The highest BCUT2D eigenvalue weighted by atomic mass is 35.5. The first-order valence-electron chi connectivity index (χ1n) is 6.89. The largest absolute Gasteiger partial charge is 0.487 e. The highest BCUT2D eigenvalue weighted by Gasteiger charge is 2.27. The molecule has 0 amide bonds. The molecule has 3 rings (SSSR count). The average molecular weight is 287 g/mol. The Bertz CT molecular complexity index is 665. The first kappa shape index (κ1) is 13.2. The molecule has 1 fully saturated rings. The topological polar surface area (TPSA) is 45.9 Å². The molecule has 1 saturated carbocycles. The second kappa shape index (κ2) is 5.68. The molecule has 0 bridgehead atoms. The lowest BCUT2D eigenvalue weighted by Gasteiger charge is -2.27. The fraction of sp³-hybridized carbons (Fsp3) is 0.375. The molecule has 0 radical (unpaired) electrons. The van der Waals surface area contributed by atoms with Gasteiger partial charge in [-0.2, -0.15) is 5.26 Å². The quantitative estimate of drug-likeness (QED) is 0.824. The molecule has 1 heterocycles. The molecule has 2 unspecified atom stereocenters. The van der Waals surface area contributed by atoms with Crippen molar-refractivity contribution in [2.45, 2.75) is 31.8 Å². The number of benzene rings is 1. The van der Waals surface area contributed by atoms with Crippen LogP contribution in [0.15, 0.2) is 30.5 Å². The summed E-state index contributed by atoms with van der Waals surface area (Å²) in [6.07, 6.45) is 5.75. The van der Waals surface area contributed by atoms with E-state index in [0.29, 0.717) is 5.02 Å². The molecule has 1 aromatic carbocycles. The zero-order valence-electron chi connectivity index (χ0n) is 11.1. The van der Waals surface area contributed by atoms with Crippen molar-refractivity contribution in [2.75, 3.05) is 0 Å². The van der Waals surface area contributed by atoms with E-state index in [1.807, 2.05) is 24.3 Å². The summed E-state index contributed by atoms with van der Waals surface area (Å²) in [5.74, 6) is 0.690. The zero-order valence-corrected chi connectivity index (χ0v) is 11.8. The smallest absolute Gasteiger partial charge is 0.146 e. The summed E-state index contributed by atoms with van der Waals surface area (Å²) < 4.78 is 6.08. The molecule has 1 aliphatic carbocycles. The number of pyridine rings is 1. The Morgan fingerprint density at radius 1 is 1.25 bits per heavy atom. The van der Waals surface area contributed by atoms with Gasteiger partial charge < -0.3 is 4.74 Å². The zero-order chi connectivity index (χ0) is 13.9. The third kappa shape index (κ3) is 2.44. The maximum atomic E-state index is 9.23. The Labute approximate surface area is 123 Å². The number of nitriles is 1. The SMILES string of the molecule is N#CC1CCCCC1Oc1ccc(Cl)c2cccnc12. The van der Waals surface area contributed by atoms with Gasteiger partial charge in [0.25, 0.3) is 0 Å². The van der Waals surface area contributed by atoms with Crippen molar-refractivity contribution in [3.63, 3.8) is 0 Å². The summed E-state index contributed by atoms with van der Waals surface area (Å²) in [5, 5.41) is 10.8. The molecular weight excluding hydrogens is 272 g/mol. The van der Waals surface area contributed by atoms with Crippen molar-refractivity contribution in [3.05, 3.63) is 35.5 Å². The molecule has 1 aromatic heterocycles. The van der Waals surface area contributed by atoms with Crippen molar-refractivity contribution in [2.24, 2.45) is 5.92 Å². The summed E-state index contributed by atoms with van der Waals surface area (Å²) in [7, 11) is 0. The minimum Gasteiger partial charge on any atom is -0.487 e. The van der Waals surface area contributed by atoms with Gasteiger partial charge in [-0.3, -0.25) is 4.98 Å². The Balaban J connectivity index is 1.95. The van der Waals surface area contributed by atoms with Gasteiger partial charge in [0.05, 0.1) is 17.0 Å². The maximum absolute atomic E-state index is 9.23. The van der Waals surface area contributed by atoms with Gasteiger partial charge in [0.1, 0.15) is 17.4 Å². The first-order chi connectivity index (χ1) is 9.79. The number of hydrogen-bond acceptors (Lipinski definition) is 3.